The second-order valence-corrected chi connectivity index (χ2v) is 6.52. The Morgan fingerprint density at radius 1 is 1.22 bits per heavy atom. The molecule has 3 rings (SSSR count). The summed E-state index contributed by atoms with van der Waals surface area (Å²) in [7, 11) is 0. The maximum atomic E-state index is 12.5. The second kappa shape index (κ2) is 4.84. The molecule has 0 aromatic carbocycles. The van der Waals surface area contributed by atoms with E-state index in [0.29, 0.717) is 5.91 Å². The number of hydrogen-bond acceptors (Lipinski definition) is 2. The predicted molar refractivity (Wildman–Crippen MR) is 72.2 cm³/mol. The number of hydrogen-bond donors (Lipinski definition) is 1. The van der Waals surface area contributed by atoms with Crippen molar-refractivity contribution in [2.24, 2.45) is 17.3 Å². The van der Waals surface area contributed by atoms with Crippen LogP contribution in [0.5, 0.6) is 0 Å². The van der Waals surface area contributed by atoms with Crippen molar-refractivity contribution in [3.63, 3.8) is 0 Å². The normalized spacial score (nSPS) is 31.6. The number of likely N-dealkylation sites (tertiary alicyclic amines) is 1. The molecule has 102 valence electrons. The van der Waals surface area contributed by atoms with Gasteiger partial charge in [-0.05, 0) is 63.5 Å². The molecule has 0 spiro atoms. The van der Waals surface area contributed by atoms with E-state index in [4.69, 9.17) is 0 Å². The van der Waals surface area contributed by atoms with Gasteiger partial charge in [0.05, 0.1) is 0 Å². The van der Waals surface area contributed by atoms with Gasteiger partial charge >= 0.3 is 0 Å². The monoisotopic (exact) mass is 250 g/mol. The Hall–Kier alpha value is -0.570. The molecule has 0 radical (unpaired) electrons. The van der Waals surface area contributed by atoms with Crippen LogP contribution in [0.15, 0.2) is 0 Å². The molecule has 0 aromatic rings. The van der Waals surface area contributed by atoms with Gasteiger partial charge < -0.3 is 10.2 Å². The van der Waals surface area contributed by atoms with Gasteiger partial charge in [0, 0.05) is 18.5 Å². The maximum absolute atomic E-state index is 12.5. The highest BCUT2D eigenvalue weighted by atomic mass is 16.2. The van der Waals surface area contributed by atoms with Crippen molar-refractivity contribution in [3.05, 3.63) is 0 Å². The molecule has 3 heteroatoms. The summed E-state index contributed by atoms with van der Waals surface area (Å²) in [6.07, 6.45) is 7.12. The predicted octanol–water partition coefficient (Wildman–Crippen LogP) is 2.02. The van der Waals surface area contributed by atoms with Gasteiger partial charge in [-0.3, -0.25) is 4.79 Å². The third-order valence-corrected chi connectivity index (χ3v) is 5.58. The maximum Gasteiger partial charge on any atom is 0.228 e. The molecule has 1 unspecified atom stereocenters. The van der Waals surface area contributed by atoms with E-state index in [0.717, 1.165) is 44.2 Å². The molecular weight excluding hydrogens is 224 g/mol. The number of piperidine rings is 1. The molecule has 1 saturated carbocycles. The van der Waals surface area contributed by atoms with Crippen molar-refractivity contribution >= 4 is 5.91 Å². The van der Waals surface area contributed by atoms with Gasteiger partial charge in [0.15, 0.2) is 0 Å². The lowest BCUT2D eigenvalue weighted by molar-refractivity contribution is -0.138. The van der Waals surface area contributed by atoms with Crippen molar-refractivity contribution in [2.45, 2.75) is 45.4 Å². The molecule has 0 bridgehead atoms. The molecule has 2 heterocycles. The lowest BCUT2D eigenvalue weighted by atomic mass is 9.83. The summed E-state index contributed by atoms with van der Waals surface area (Å²) in [5.74, 6) is 2.21. The zero-order chi connectivity index (χ0) is 12.6. The molecule has 18 heavy (non-hydrogen) atoms. The van der Waals surface area contributed by atoms with Crippen LogP contribution in [0.1, 0.15) is 45.4 Å². The number of carbonyl (C=O) groups is 1. The minimum Gasteiger partial charge on any atom is -0.342 e. The molecule has 1 amide bonds. The molecule has 2 aliphatic heterocycles. The summed E-state index contributed by atoms with van der Waals surface area (Å²) in [4.78, 5) is 14.6. The standard InChI is InChI=1S/C15H26N2O/c1-2-15(6-7-15)14(18)17-9-4-12(5-10-17)13-3-8-16-11-13/h12-13,16H,2-11H2,1H3. The SMILES string of the molecule is CCC1(C(=O)N2CCC(C3CCNC3)CC2)CC1. The number of nitrogens with zero attached hydrogens (tertiary/aromatic N) is 1. The topological polar surface area (TPSA) is 32.3 Å². The Labute approximate surface area is 110 Å². The highest BCUT2D eigenvalue weighted by Crippen LogP contribution is 2.50. The van der Waals surface area contributed by atoms with Crippen LogP contribution in [0.2, 0.25) is 0 Å². The zero-order valence-electron chi connectivity index (χ0n) is 11.6. The van der Waals surface area contributed by atoms with E-state index in [2.05, 4.69) is 17.1 Å². The van der Waals surface area contributed by atoms with Crippen LogP contribution in [0.3, 0.4) is 0 Å². The lowest BCUT2D eigenvalue weighted by Crippen LogP contribution is -2.43. The number of rotatable bonds is 3. The molecule has 3 aliphatic rings. The molecule has 2 saturated heterocycles. The van der Waals surface area contributed by atoms with Gasteiger partial charge in [-0.1, -0.05) is 6.92 Å². The molecule has 3 fully saturated rings. The minimum absolute atomic E-state index is 0.0712. The van der Waals surface area contributed by atoms with Gasteiger partial charge in [0.2, 0.25) is 5.91 Å². The average Bonchev–Trinajstić information content (AvgIpc) is 3.04. The van der Waals surface area contributed by atoms with E-state index in [1.54, 1.807) is 0 Å². The fraction of sp³-hybridized carbons (Fsp3) is 0.933. The fourth-order valence-electron chi connectivity index (χ4n) is 3.86. The Morgan fingerprint density at radius 3 is 2.44 bits per heavy atom. The Kier molecular flexibility index (Phi) is 3.35. The van der Waals surface area contributed by atoms with E-state index < -0.39 is 0 Å². The minimum atomic E-state index is 0.0712. The van der Waals surface area contributed by atoms with Gasteiger partial charge in [-0.15, -0.1) is 0 Å². The fourth-order valence-corrected chi connectivity index (χ4v) is 3.86. The largest absolute Gasteiger partial charge is 0.342 e. The Bertz CT molecular complexity index is 310. The summed E-state index contributed by atoms with van der Waals surface area (Å²) in [6, 6.07) is 0. The summed E-state index contributed by atoms with van der Waals surface area (Å²) in [6.45, 7) is 6.60. The van der Waals surface area contributed by atoms with Crippen LogP contribution in [0.4, 0.5) is 0 Å². The van der Waals surface area contributed by atoms with Gasteiger partial charge in [-0.2, -0.15) is 0 Å². The number of nitrogens with one attached hydrogen (secondary N) is 1. The number of carbonyl (C=O) groups excluding carboxylic acids is 1. The van der Waals surface area contributed by atoms with Gasteiger partial charge in [0.1, 0.15) is 0 Å². The van der Waals surface area contributed by atoms with E-state index in [1.165, 1.54) is 32.4 Å². The van der Waals surface area contributed by atoms with E-state index >= 15 is 0 Å². The highest BCUT2D eigenvalue weighted by Gasteiger charge is 2.50. The van der Waals surface area contributed by atoms with Crippen molar-refractivity contribution < 1.29 is 4.79 Å². The van der Waals surface area contributed by atoms with Crippen LogP contribution < -0.4 is 5.32 Å². The summed E-state index contributed by atoms with van der Waals surface area (Å²) < 4.78 is 0. The van der Waals surface area contributed by atoms with Crippen molar-refractivity contribution in [1.29, 1.82) is 0 Å². The quantitative estimate of drug-likeness (QED) is 0.831. The average molecular weight is 250 g/mol. The van der Waals surface area contributed by atoms with Gasteiger partial charge in [0.25, 0.3) is 0 Å². The number of amides is 1. The third kappa shape index (κ3) is 2.18. The summed E-state index contributed by atoms with van der Waals surface area (Å²) in [5, 5.41) is 3.47. The first kappa shape index (κ1) is 12.5. The molecule has 3 nitrogen and oxygen atoms in total. The van der Waals surface area contributed by atoms with E-state index in [9.17, 15) is 4.79 Å². The lowest BCUT2D eigenvalue weighted by Gasteiger charge is -2.36. The van der Waals surface area contributed by atoms with Crippen molar-refractivity contribution in [2.75, 3.05) is 26.2 Å². The van der Waals surface area contributed by atoms with Crippen LogP contribution in [-0.2, 0) is 4.79 Å². The molecule has 1 aliphatic carbocycles. The first-order valence-electron chi connectivity index (χ1n) is 7.75. The van der Waals surface area contributed by atoms with Crippen LogP contribution in [0.25, 0.3) is 0 Å². The summed E-state index contributed by atoms with van der Waals surface area (Å²) in [5.41, 5.74) is 0.0712. The third-order valence-electron chi connectivity index (χ3n) is 5.58. The molecule has 0 aromatic heterocycles. The van der Waals surface area contributed by atoms with Crippen LogP contribution in [-0.4, -0.2) is 37.0 Å². The van der Waals surface area contributed by atoms with E-state index in [-0.39, 0.29) is 5.41 Å². The first-order chi connectivity index (χ1) is 8.75. The first-order valence-corrected chi connectivity index (χ1v) is 7.75. The van der Waals surface area contributed by atoms with Crippen molar-refractivity contribution in [3.8, 4) is 0 Å². The highest BCUT2D eigenvalue weighted by molar-refractivity contribution is 5.85. The molecular formula is C15H26N2O. The molecule has 1 atom stereocenters. The van der Waals surface area contributed by atoms with Crippen LogP contribution in [0, 0.1) is 17.3 Å². The Morgan fingerprint density at radius 2 is 1.94 bits per heavy atom. The van der Waals surface area contributed by atoms with Crippen molar-refractivity contribution in [1.82, 2.24) is 10.2 Å². The molecule has 1 N–H and O–H groups in total. The smallest absolute Gasteiger partial charge is 0.228 e. The van der Waals surface area contributed by atoms with Crippen LogP contribution >= 0.6 is 0 Å². The second-order valence-electron chi connectivity index (χ2n) is 6.52. The zero-order valence-corrected chi connectivity index (χ0v) is 11.6. The van der Waals surface area contributed by atoms with Gasteiger partial charge in [-0.25, -0.2) is 0 Å². The van der Waals surface area contributed by atoms with E-state index in [1.807, 2.05) is 0 Å². The summed E-state index contributed by atoms with van der Waals surface area (Å²) >= 11 is 0. The Balaban J connectivity index is 1.52.